The van der Waals surface area contributed by atoms with Crippen LogP contribution in [0.15, 0.2) is 0 Å². The van der Waals surface area contributed by atoms with E-state index >= 15 is 0 Å². The fourth-order valence-corrected chi connectivity index (χ4v) is 4.01. The molecule has 3 heteroatoms. The van der Waals surface area contributed by atoms with Crippen LogP contribution in [-0.2, 0) is 4.74 Å². The third-order valence-electron chi connectivity index (χ3n) is 5.16. The molecule has 0 radical (unpaired) electrons. The molecule has 2 heterocycles. The minimum Gasteiger partial charge on any atom is -0.390 e. The summed E-state index contributed by atoms with van der Waals surface area (Å²) in [6, 6.07) is 0.695. The Bertz CT molecular complexity index is 314. The van der Waals surface area contributed by atoms with E-state index in [9.17, 15) is 5.11 Å². The lowest BCUT2D eigenvalue weighted by atomic mass is 9.83. The first-order valence-corrected chi connectivity index (χ1v) is 7.90. The van der Waals surface area contributed by atoms with Crippen molar-refractivity contribution < 1.29 is 9.84 Å². The summed E-state index contributed by atoms with van der Waals surface area (Å²) >= 11 is 0. The van der Waals surface area contributed by atoms with Gasteiger partial charge in [0.05, 0.1) is 17.3 Å². The van der Waals surface area contributed by atoms with Crippen molar-refractivity contribution in [3.63, 3.8) is 0 Å². The minimum atomic E-state index is -0.425. The van der Waals surface area contributed by atoms with Gasteiger partial charge in [0.1, 0.15) is 0 Å². The predicted octanol–water partition coefficient (Wildman–Crippen LogP) is 2.82. The molecule has 0 amide bonds. The Hall–Kier alpha value is -0.120. The fourth-order valence-electron chi connectivity index (χ4n) is 4.01. The van der Waals surface area contributed by atoms with Gasteiger partial charge in [0.15, 0.2) is 0 Å². The van der Waals surface area contributed by atoms with Crippen molar-refractivity contribution in [2.45, 2.75) is 83.6 Å². The molecule has 2 aliphatic rings. The quantitative estimate of drug-likeness (QED) is 0.855. The van der Waals surface area contributed by atoms with Crippen LogP contribution in [0, 0.1) is 5.92 Å². The van der Waals surface area contributed by atoms with Gasteiger partial charge in [-0.25, -0.2) is 0 Å². The molecule has 1 N–H and O–H groups in total. The van der Waals surface area contributed by atoms with Gasteiger partial charge in [-0.3, -0.25) is 4.90 Å². The van der Waals surface area contributed by atoms with Gasteiger partial charge < -0.3 is 9.84 Å². The molecule has 0 aromatic heterocycles. The summed E-state index contributed by atoms with van der Waals surface area (Å²) in [7, 11) is 0. The summed E-state index contributed by atoms with van der Waals surface area (Å²) in [5.74, 6) is 0.203. The molecule has 0 spiro atoms. The topological polar surface area (TPSA) is 32.7 Å². The summed E-state index contributed by atoms with van der Waals surface area (Å²) in [6.45, 7) is 12.7. The van der Waals surface area contributed by atoms with Gasteiger partial charge in [-0.05, 0) is 53.5 Å². The van der Waals surface area contributed by atoms with Gasteiger partial charge in [0, 0.05) is 18.5 Å². The van der Waals surface area contributed by atoms with Crippen molar-refractivity contribution in [3.8, 4) is 0 Å². The third-order valence-corrected chi connectivity index (χ3v) is 5.16. The van der Waals surface area contributed by atoms with Gasteiger partial charge >= 0.3 is 0 Å². The highest BCUT2D eigenvalue weighted by molar-refractivity contribution is 5.02. The molecule has 112 valence electrons. The third kappa shape index (κ3) is 2.98. The molecule has 0 bridgehead atoms. The Morgan fingerprint density at radius 3 is 2.37 bits per heavy atom. The summed E-state index contributed by atoms with van der Waals surface area (Å²) in [5.41, 5.74) is -0.662. The van der Waals surface area contributed by atoms with Crippen LogP contribution in [0.25, 0.3) is 0 Å². The van der Waals surface area contributed by atoms with Crippen LogP contribution in [0.4, 0.5) is 0 Å². The maximum atomic E-state index is 10.6. The van der Waals surface area contributed by atoms with Gasteiger partial charge in [-0.1, -0.05) is 13.3 Å². The second-order valence-electron chi connectivity index (χ2n) is 7.41. The van der Waals surface area contributed by atoms with E-state index in [0.717, 1.165) is 6.54 Å². The van der Waals surface area contributed by atoms with Crippen molar-refractivity contribution in [3.05, 3.63) is 0 Å². The molecule has 2 saturated heterocycles. The molecule has 2 aliphatic heterocycles. The van der Waals surface area contributed by atoms with Gasteiger partial charge in [0.2, 0.25) is 0 Å². The van der Waals surface area contributed by atoms with Crippen LogP contribution in [-0.4, -0.2) is 46.4 Å². The van der Waals surface area contributed by atoms with Crippen molar-refractivity contribution in [2.75, 3.05) is 13.1 Å². The van der Waals surface area contributed by atoms with Crippen LogP contribution >= 0.6 is 0 Å². The Labute approximate surface area is 118 Å². The van der Waals surface area contributed by atoms with E-state index in [1.807, 2.05) is 13.8 Å². The first-order chi connectivity index (χ1) is 8.78. The highest BCUT2D eigenvalue weighted by atomic mass is 16.5. The van der Waals surface area contributed by atoms with Crippen LogP contribution < -0.4 is 0 Å². The van der Waals surface area contributed by atoms with E-state index in [1.54, 1.807) is 0 Å². The highest BCUT2D eigenvalue weighted by Gasteiger charge is 2.53. The zero-order valence-corrected chi connectivity index (χ0v) is 13.3. The van der Waals surface area contributed by atoms with E-state index in [2.05, 4.69) is 25.7 Å². The number of hydrogen-bond donors (Lipinski definition) is 1. The number of likely N-dealkylation sites (tertiary alicyclic amines) is 1. The van der Waals surface area contributed by atoms with Crippen molar-refractivity contribution in [1.82, 2.24) is 4.90 Å². The van der Waals surface area contributed by atoms with E-state index < -0.39 is 5.60 Å². The maximum absolute atomic E-state index is 10.6. The van der Waals surface area contributed by atoms with E-state index in [0.29, 0.717) is 6.04 Å². The van der Waals surface area contributed by atoms with Crippen LogP contribution in [0.1, 0.15) is 60.3 Å². The van der Waals surface area contributed by atoms with E-state index in [-0.39, 0.29) is 17.6 Å². The molecule has 0 aromatic rings. The first kappa shape index (κ1) is 15.3. The van der Waals surface area contributed by atoms with E-state index in [1.165, 1.54) is 32.2 Å². The Morgan fingerprint density at radius 2 is 1.84 bits per heavy atom. The average Bonchev–Trinajstić information content (AvgIpc) is 2.48. The second kappa shape index (κ2) is 5.34. The lowest BCUT2D eigenvalue weighted by Gasteiger charge is -2.39. The smallest absolute Gasteiger partial charge is 0.0896 e. The Kier molecular flexibility index (Phi) is 4.29. The van der Waals surface area contributed by atoms with Crippen LogP contribution in [0.2, 0.25) is 0 Å². The van der Waals surface area contributed by atoms with Crippen molar-refractivity contribution in [1.29, 1.82) is 0 Å². The molecule has 2 fully saturated rings. The second-order valence-corrected chi connectivity index (χ2v) is 7.41. The Morgan fingerprint density at radius 1 is 1.16 bits per heavy atom. The highest BCUT2D eigenvalue weighted by Crippen LogP contribution is 2.43. The lowest BCUT2D eigenvalue weighted by molar-refractivity contribution is -0.0917. The average molecular weight is 269 g/mol. The fraction of sp³-hybridized carbons (Fsp3) is 1.00. The summed E-state index contributed by atoms with van der Waals surface area (Å²) < 4.78 is 6.09. The minimum absolute atomic E-state index is 0.203. The standard InChI is InChI=1S/C16H31NO2/c1-6-12-9-7-8-10-17(12)11-13-14(18)16(4,5)19-15(13,2)3/h12-14,18H,6-11H2,1-5H3. The SMILES string of the molecule is CCC1CCCCN1CC1C(O)C(C)(C)OC1(C)C. The molecule has 3 nitrogen and oxygen atoms in total. The van der Waals surface area contributed by atoms with Gasteiger partial charge in [0.25, 0.3) is 0 Å². The summed E-state index contributed by atoms with van der Waals surface area (Å²) in [5, 5.41) is 10.6. The molecule has 3 atom stereocenters. The van der Waals surface area contributed by atoms with Gasteiger partial charge in [-0.2, -0.15) is 0 Å². The number of aliphatic hydroxyl groups excluding tert-OH is 1. The molecule has 0 aromatic carbocycles. The van der Waals surface area contributed by atoms with Crippen LogP contribution in [0.3, 0.4) is 0 Å². The van der Waals surface area contributed by atoms with Crippen LogP contribution in [0.5, 0.6) is 0 Å². The monoisotopic (exact) mass is 269 g/mol. The van der Waals surface area contributed by atoms with Gasteiger partial charge in [-0.15, -0.1) is 0 Å². The largest absolute Gasteiger partial charge is 0.390 e. The first-order valence-electron chi connectivity index (χ1n) is 7.90. The number of hydrogen-bond acceptors (Lipinski definition) is 3. The zero-order chi connectivity index (χ0) is 14.3. The molecule has 3 unspecified atom stereocenters. The molecular formula is C16H31NO2. The normalized spacial score (nSPS) is 38.5. The molecule has 2 rings (SSSR count). The van der Waals surface area contributed by atoms with Crippen molar-refractivity contribution >= 4 is 0 Å². The van der Waals surface area contributed by atoms with E-state index in [4.69, 9.17) is 4.74 Å². The number of rotatable bonds is 3. The number of nitrogens with zero attached hydrogens (tertiary/aromatic N) is 1. The number of ether oxygens (including phenoxy) is 1. The molecule has 19 heavy (non-hydrogen) atoms. The maximum Gasteiger partial charge on any atom is 0.0896 e. The molecule has 0 aliphatic carbocycles. The summed E-state index contributed by atoms with van der Waals surface area (Å²) in [4.78, 5) is 2.59. The summed E-state index contributed by atoms with van der Waals surface area (Å²) in [6.07, 6.45) is 4.80. The predicted molar refractivity (Wildman–Crippen MR) is 78.2 cm³/mol. The Balaban J connectivity index is 2.08. The van der Waals surface area contributed by atoms with Crippen molar-refractivity contribution in [2.24, 2.45) is 5.92 Å². The zero-order valence-electron chi connectivity index (χ0n) is 13.3. The number of aliphatic hydroxyl groups is 1. The lowest BCUT2D eigenvalue weighted by Crippen LogP contribution is -2.48. The molecular weight excluding hydrogens is 238 g/mol. The molecule has 0 saturated carbocycles. The number of piperidine rings is 1.